The van der Waals surface area contributed by atoms with E-state index in [1.165, 1.54) is 0 Å². The van der Waals surface area contributed by atoms with E-state index in [4.69, 9.17) is 4.74 Å². The van der Waals surface area contributed by atoms with Crippen molar-refractivity contribution in [2.75, 3.05) is 26.2 Å². The number of hydrogen-bond acceptors (Lipinski definition) is 3. The second kappa shape index (κ2) is 6.26. The van der Waals surface area contributed by atoms with Gasteiger partial charge in [0.25, 0.3) is 0 Å². The van der Waals surface area contributed by atoms with Crippen LogP contribution in [0.25, 0.3) is 0 Å². The molecule has 0 aromatic heterocycles. The van der Waals surface area contributed by atoms with Gasteiger partial charge in [0, 0.05) is 31.8 Å². The first kappa shape index (κ1) is 15.3. The van der Waals surface area contributed by atoms with Gasteiger partial charge in [-0.25, -0.2) is 4.79 Å². The van der Waals surface area contributed by atoms with Crippen molar-refractivity contribution in [1.29, 1.82) is 0 Å². The first-order valence-electron chi connectivity index (χ1n) is 8.02. The maximum Gasteiger partial charge on any atom is 0.317 e. The van der Waals surface area contributed by atoms with Crippen LogP contribution in [0.1, 0.15) is 31.9 Å². The highest BCUT2D eigenvalue weighted by Crippen LogP contribution is 2.29. The Bertz CT molecular complexity index is 518. The van der Waals surface area contributed by atoms with Gasteiger partial charge >= 0.3 is 6.03 Å². The molecule has 1 aromatic carbocycles. The van der Waals surface area contributed by atoms with Gasteiger partial charge in [0.2, 0.25) is 0 Å². The Morgan fingerprint density at radius 3 is 2.86 bits per heavy atom. The molecule has 2 aliphatic heterocycles. The number of rotatable bonds is 2. The SMILES string of the molecule is CC1(C)CN(C(=O)N[C@@H]2CCO[C@H]2c2ccccc2)CCN1. The minimum atomic E-state index is -0.0407. The molecule has 22 heavy (non-hydrogen) atoms. The van der Waals surface area contributed by atoms with E-state index in [0.29, 0.717) is 6.61 Å². The van der Waals surface area contributed by atoms with Crippen molar-refractivity contribution in [3.05, 3.63) is 35.9 Å². The predicted molar refractivity (Wildman–Crippen MR) is 85.7 cm³/mol. The molecule has 2 atom stereocenters. The Balaban J connectivity index is 1.63. The van der Waals surface area contributed by atoms with E-state index in [2.05, 4.69) is 36.6 Å². The van der Waals surface area contributed by atoms with Crippen molar-refractivity contribution in [3.8, 4) is 0 Å². The Labute approximate surface area is 132 Å². The third kappa shape index (κ3) is 3.42. The molecule has 0 saturated carbocycles. The first-order valence-corrected chi connectivity index (χ1v) is 8.02. The van der Waals surface area contributed by atoms with E-state index in [-0.39, 0.29) is 23.7 Å². The fraction of sp³-hybridized carbons (Fsp3) is 0.588. The van der Waals surface area contributed by atoms with Gasteiger partial charge in [-0.05, 0) is 25.8 Å². The molecule has 2 aliphatic rings. The topological polar surface area (TPSA) is 53.6 Å². The largest absolute Gasteiger partial charge is 0.371 e. The van der Waals surface area contributed by atoms with Gasteiger partial charge in [0.05, 0.1) is 6.04 Å². The Kier molecular flexibility index (Phi) is 4.36. The summed E-state index contributed by atoms with van der Waals surface area (Å²) < 4.78 is 5.84. The summed E-state index contributed by atoms with van der Waals surface area (Å²) in [6.07, 6.45) is 0.821. The minimum Gasteiger partial charge on any atom is -0.371 e. The van der Waals surface area contributed by atoms with Crippen LogP contribution in [-0.2, 0) is 4.74 Å². The lowest BCUT2D eigenvalue weighted by Gasteiger charge is -2.39. The summed E-state index contributed by atoms with van der Waals surface area (Å²) in [5, 5.41) is 6.59. The summed E-state index contributed by atoms with van der Waals surface area (Å²) >= 11 is 0. The fourth-order valence-electron chi connectivity index (χ4n) is 3.27. The van der Waals surface area contributed by atoms with Crippen LogP contribution in [0.3, 0.4) is 0 Å². The number of carbonyl (C=O) groups excluding carboxylic acids is 1. The Morgan fingerprint density at radius 2 is 2.14 bits per heavy atom. The molecule has 2 heterocycles. The zero-order valence-corrected chi connectivity index (χ0v) is 13.3. The molecular weight excluding hydrogens is 278 g/mol. The summed E-state index contributed by atoms with van der Waals surface area (Å²) in [5.74, 6) is 0. The molecule has 2 amide bonds. The van der Waals surface area contributed by atoms with Crippen molar-refractivity contribution in [1.82, 2.24) is 15.5 Å². The molecule has 120 valence electrons. The van der Waals surface area contributed by atoms with Gasteiger partial charge in [0.1, 0.15) is 6.10 Å². The minimum absolute atomic E-state index is 0.0195. The van der Waals surface area contributed by atoms with Crippen LogP contribution in [0.15, 0.2) is 30.3 Å². The molecule has 5 heteroatoms. The van der Waals surface area contributed by atoms with Crippen molar-refractivity contribution in [3.63, 3.8) is 0 Å². The number of carbonyl (C=O) groups is 1. The summed E-state index contributed by atoms with van der Waals surface area (Å²) in [5.41, 5.74) is 1.10. The lowest BCUT2D eigenvalue weighted by atomic mass is 10.0. The second-order valence-electron chi connectivity index (χ2n) is 6.78. The van der Waals surface area contributed by atoms with E-state index in [1.54, 1.807) is 0 Å². The van der Waals surface area contributed by atoms with Gasteiger partial charge in [0.15, 0.2) is 0 Å². The third-order valence-electron chi connectivity index (χ3n) is 4.39. The Morgan fingerprint density at radius 1 is 1.36 bits per heavy atom. The van der Waals surface area contributed by atoms with E-state index in [0.717, 1.165) is 31.6 Å². The highest BCUT2D eigenvalue weighted by atomic mass is 16.5. The van der Waals surface area contributed by atoms with Gasteiger partial charge in [-0.1, -0.05) is 30.3 Å². The molecule has 1 aromatic rings. The van der Waals surface area contributed by atoms with Crippen LogP contribution in [0.2, 0.25) is 0 Å². The molecule has 0 spiro atoms. The summed E-state index contributed by atoms with van der Waals surface area (Å²) in [4.78, 5) is 14.4. The van der Waals surface area contributed by atoms with E-state index in [1.807, 2.05) is 23.1 Å². The predicted octanol–water partition coefficient (Wildman–Crippen LogP) is 1.91. The average molecular weight is 303 g/mol. The van der Waals surface area contributed by atoms with Gasteiger partial charge < -0.3 is 20.3 Å². The Hall–Kier alpha value is -1.59. The fourth-order valence-corrected chi connectivity index (χ4v) is 3.27. The lowest BCUT2D eigenvalue weighted by Crippen LogP contribution is -2.60. The molecule has 2 saturated heterocycles. The van der Waals surface area contributed by atoms with Crippen LogP contribution < -0.4 is 10.6 Å². The standard InChI is InChI=1S/C17H25N3O2/c1-17(2)12-20(10-9-18-17)16(21)19-14-8-11-22-15(14)13-6-4-3-5-7-13/h3-7,14-15,18H,8-12H2,1-2H3,(H,19,21)/t14-,15+/m1/s1. The third-order valence-corrected chi connectivity index (χ3v) is 4.39. The molecule has 5 nitrogen and oxygen atoms in total. The molecule has 0 radical (unpaired) electrons. The van der Waals surface area contributed by atoms with Crippen molar-refractivity contribution in [2.24, 2.45) is 0 Å². The number of urea groups is 1. The van der Waals surface area contributed by atoms with E-state index in [9.17, 15) is 4.79 Å². The van der Waals surface area contributed by atoms with Crippen LogP contribution >= 0.6 is 0 Å². The summed E-state index contributed by atoms with van der Waals surface area (Å²) in [6, 6.07) is 10.2. The molecule has 0 unspecified atom stereocenters. The van der Waals surface area contributed by atoms with Crippen molar-refractivity contribution >= 4 is 6.03 Å². The highest BCUT2D eigenvalue weighted by Gasteiger charge is 2.34. The summed E-state index contributed by atoms with van der Waals surface area (Å²) in [6.45, 7) is 7.25. The average Bonchev–Trinajstić information content (AvgIpc) is 2.95. The monoisotopic (exact) mass is 303 g/mol. The van der Waals surface area contributed by atoms with Crippen molar-refractivity contribution < 1.29 is 9.53 Å². The number of nitrogens with zero attached hydrogens (tertiary/aromatic N) is 1. The van der Waals surface area contributed by atoms with Crippen LogP contribution in [0.5, 0.6) is 0 Å². The van der Waals surface area contributed by atoms with E-state index < -0.39 is 0 Å². The number of ether oxygens (including phenoxy) is 1. The number of benzene rings is 1. The van der Waals surface area contributed by atoms with Gasteiger partial charge in [-0.15, -0.1) is 0 Å². The number of hydrogen-bond donors (Lipinski definition) is 2. The highest BCUT2D eigenvalue weighted by molar-refractivity contribution is 5.75. The smallest absolute Gasteiger partial charge is 0.317 e. The van der Waals surface area contributed by atoms with Gasteiger partial charge in [-0.2, -0.15) is 0 Å². The zero-order chi connectivity index (χ0) is 15.6. The maximum absolute atomic E-state index is 12.6. The van der Waals surface area contributed by atoms with Crippen LogP contribution in [0.4, 0.5) is 4.79 Å². The molecular formula is C17H25N3O2. The molecule has 0 aliphatic carbocycles. The molecule has 3 rings (SSSR count). The molecule has 2 N–H and O–H groups in total. The molecule has 2 fully saturated rings. The number of piperazine rings is 1. The zero-order valence-electron chi connectivity index (χ0n) is 13.3. The van der Waals surface area contributed by atoms with E-state index >= 15 is 0 Å². The van der Waals surface area contributed by atoms with Gasteiger partial charge in [-0.3, -0.25) is 0 Å². The lowest BCUT2D eigenvalue weighted by molar-refractivity contribution is 0.0960. The number of amides is 2. The number of nitrogens with one attached hydrogen (secondary N) is 2. The maximum atomic E-state index is 12.6. The normalized spacial score (nSPS) is 27.6. The quantitative estimate of drug-likeness (QED) is 0.877. The first-order chi connectivity index (χ1) is 10.6. The van der Waals surface area contributed by atoms with Crippen molar-refractivity contribution in [2.45, 2.75) is 38.0 Å². The molecule has 0 bridgehead atoms. The van der Waals surface area contributed by atoms with Crippen LogP contribution in [-0.4, -0.2) is 48.8 Å². The van der Waals surface area contributed by atoms with Crippen LogP contribution in [0, 0.1) is 0 Å². The summed E-state index contributed by atoms with van der Waals surface area (Å²) in [7, 11) is 0. The second-order valence-corrected chi connectivity index (χ2v) is 6.78.